The minimum absolute atomic E-state index is 0.0388. The van der Waals surface area contributed by atoms with Crippen LogP contribution in [0.25, 0.3) is 0 Å². The summed E-state index contributed by atoms with van der Waals surface area (Å²) >= 11 is 0. The lowest BCUT2D eigenvalue weighted by atomic mass is 10.0. The molecule has 0 aliphatic carbocycles. The number of ether oxygens (including phenoxy) is 1. The molecule has 1 aromatic carbocycles. The fourth-order valence-corrected chi connectivity index (χ4v) is 3.17. The molecule has 116 valence electrons. The van der Waals surface area contributed by atoms with Gasteiger partial charge in [-0.2, -0.15) is 0 Å². The summed E-state index contributed by atoms with van der Waals surface area (Å²) < 4.78 is 28.2. The lowest BCUT2D eigenvalue weighted by Gasteiger charge is -2.28. The molecule has 7 heteroatoms. The smallest absolute Gasteiger partial charge is 0.261 e. The molecule has 0 bridgehead atoms. The molecule has 2 rings (SSSR count). The molecule has 1 aromatic rings. The summed E-state index contributed by atoms with van der Waals surface area (Å²) in [5.41, 5.74) is 1.03. The lowest BCUT2D eigenvalue weighted by Crippen LogP contribution is -2.41. The van der Waals surface area contributed by atoms with E-state index in [1.807, 2.05) is 6.92 Å². The Hall–Kier alpha value is -1.11. The van der Waals surface area contributed by atoms with E-state index in [2.05, 4.69) is 5.32 Å². The van der Waals surface area contributed by atoms with Crippen molar-refractivity contribution >= 4 is 25.6 Å². The van der Waals surface area contributed by atoms with Gasteiger partial charge >= 0.3 is 0 Å². The van der Waals surface area contributed by atoms with Crippen LogP contribution in [0.5, 0.6) is 0 Å². The Morgan fingerprint density at radius 1 is 1.43 bits per heavy atom. The Kier molecular flexibility index (Phi) is 4.91. The summed E-state index contributed by atoms with van der Waals surface area (Å²) in [7, 11) is 1.48. The van der Waals surface area contributed by atoms with Crippen molar-refractivity contribution in [3.05, 3.63) is 29.3 Å². The number of carbonyl (C=O) groups is 1. The van der Waals surface area contributed by atoms with Crippen LogP contribution in [0, 0.1) is 6.92 Å². The Morgan fingerprint density at radius 3 is 2.76 bits per heavy atom. The Morgan fingerprint density at radius 2 is 2.14 bits per heavy atom. The maximum atomic E-state index is 12.3. The Bertz CT molecular complexity index is 644. The highest BCUT2D eigenvalue weighted by atomic mass is 35.7. The number of hydrogen-bond acceptors (Lipinski definition) is 4. The third-order valence-electron chi connectivity index (χ3n) is 3.56. The maximum Gasteiger partial charge on any atom is 0.261 e. The molecule has 5 nitrogen and oxygen atoms in total. The Balaban J connectivity index is 2.18. The number of hydrogen-bond donors (Lipinski definition) is 1. The van der Waals surface area contributed by atoms with Gasteiger partial charge in [0, 0.05) is 28.9 Å². The molecule has 1 amide bonds. The second kappa shape index (κ2) is 6.34. The van der Waals surface area contributed by atoms with Crippen LogP contribution in [-0.2, 0) is 13.8 Å². The quantitative estimate of drug-likeness (QED) is 0.862. The van der Waals surface area contributed by atoms with E-state index in [1.165, 1.54) is 12.1 Å². The molecule has 0 radical (unpaired) electrons. The first kappa shape index (κ1) is 16.3. The van der Waals surface area contributed by atoms with Crippen molar-refractivity contribution in [1.82, 2.24) is 5.32 Å². The largest absolute Gasteiger partial charge is 0.378 e. The van der Waals surface area contributed by atoms with Gasteiger partial charge in [-0.3, -0.25) is 4.79 Å². The molecule has 2 unspecified atom stereocenters. The zero-order valence-electron chi connectivity index (χ0n) is 11.9. The maximum absolute atomic E-state index is 12.3. The van der Waals surface area contributed by atoms with Crippen molar-refractivity contribution in [2.45, 2.75) is 43.7 Å². The minimum atomic E-state index is -3.85. The fourth-order valence-electron chi connectivity index (χ4n) is 2.39. The molecular formula is C14H18ClNO4S. The molecule has 0 saturated carbocycles. The van der Waals surface area contributed by atoms with Gasteiger partial charge in [0.25, 0.3) is 15.0 Å². The summed E-state index contributed by atoms with van der Waals surface area (Å²) in [6.45, 7) is 4.33. The van der Waals surface area contributed by atoms with Crippen LogP contribution in [0.1, 0.15) is 35.7 Å². The molecule has 1 fully saturated rings. The monoisotopic (exact) mass is 331 g/mol. The highest BCUT2D eigenvalue weighted by molar-refractivity contribution is 8.13. The molecule has 21 heavy (non-hydrogen) atoms. The molecule has 0 aromatic heterocycles. The molecule has 1 saturated heterocycles. The van der Waals surface area contributed by atoms with Gasteiger partial charge in [0.15, 0.2) is 0 Å². The minimum Gasteiger partial charge on any atom is -0.378 e. The van der Waals surface area contributed by atoms with Crippen LogP contribution < -0.4 is 5.32 Å². The van der Waals surface area contributed by atoms with Crippen molar-refractivity contribution in [1.29, 1.82) is 0 Å². The van der Waals surface area contributed by atoms with Gasteiger partial charge in [-0.15, -0.1) is 0 Å². The van der Waals surface area contributed by atoms with Gasteiger partial charge in [0.2, 0.25) is 0 Å². The number of carbonyl (C=O) groups excluding carboxylic acids is 1. The summed E-state index contributed by atoms with van der Waals surface area (Å²) in [5.74, 6) is -0.284. The molecule has 1 aliphatic rings. The van der Waals surface area contributed by atoms with Crippen molar-refractivity contribution in [3.63, 3.8) is 0 Å². The third-order valence-corrected chi connectivity index (χ3v) is 4.91. The molecule has 0 spiro atoms. The number of nitrogens with one attached hydrogen (secondary N) is 1. The number of amides is 1. The summed E-state index contributed by atoms with van der Waals surface area (Å²) in [6.07, 6.45) is 1.61. The SMILES string of the molecule is Cc1ccc(S(=O)(=O)Cl)cc1C(=O)NC1CCOC(C)C1. The predicted octanol–water partition coefficient (Wildman–Crippen LogP) is 2.22. The lowest BCUT2D eigenvalue weighted by molar-refractivity contribution is 0.0136. The fraction of sp³-hybridized carbons (Fsp3) is 0.500. The number of halogens is 1. The average Bonchev–Trinajstić information content (AvgIpc) is 2.37. The molecule has 1 N–H and O–H groups in total. The first-order valence-electron chi connectivity index (χ1n) is 6.75. The van der Waals surface area contributed by atoms with Crippen molar-refractivity contribution in [2.24, 2.45) is 0 Å². The van der Waals surface area contributed by atoms with Gasteiger partial charge in [0.05, 0.1) is 11.0 Å². The van der Waals surface area contributed by atoms with E-state index in [1.54, 1.807) is 13.0 Å². The van der Waals surface area contributed by atoms with Gasteiger partial charge < -0.3 is 10.1 Å². The van der Waals surface area contributed by atoms with E-state index in [-0.39, 0.29) is 22.9 Å². The van der Waals surface area contributed by atoms with Gasteiger partial charge in [-0.1, -0.05) is 6.07 Å². The summed E-state index contributed by atoms with van der Waals surface area (Å²) in [5, 5.41) is 2.93. The molecule has 1 aliphatic heterocycles. The molecule has 2 atom stereocenters. The van der Waals surface area contributed by atoms with Gasteiger partial charge in [-0.25, -0.2) is 8.42 Å². The second-order valence-electron chi connectivity index (χ2n) is 5.29. The van der Waals surface area contributed by atoms with Crippen molar-refractivity contribution < 1.29 is 17.9 Å². The number of aryl methyl sites for hydroxylation is 1. The van der Waals surface area contributed by atoms with Crippen LogP contribution in [0.4, 0.5) is 0 Å². The predicted molar refractivity (Wildman–Crippen MR) is 80.1 cm³/mol. The number of benzene rings is 1. The number of rotatable bonds is 3. The van der Waals surface area contributed by atoms with Gasteiger partial charge in [-0.05, 0) is 44.4 Å². The third kappa shape index (κ3) is 4.18. The van der Waals surface area contributed by atoms with Crippen molar-refractivity contribution in [3.8, 4) is 0 Å². The first-order chi connectivity index (χ1) is 9.77. The van der Waals surface area contributed by atoms with E-state index in [0.29, 0.717) is 17.7 Å². The van der Waals surface area contributed by atoms with Gasteiger partial charge in [0.1, 0.15) is 0 Å². The highest BCUT2D eigenvalue weighted by Crippen LogP contribution is 2.20. The summed E-state index contributed by atoms with van der Waals surface area (Å²) in [6, 6.07) is 4.33. The normalized spacial score (nSPS) is 22.8. The standard InChI is InChI=1S/C14H18ClNO4S/c1-9-3-4-12(21(15,18)19)8-13(9)14(17)16-11-5-6-20-10(2)7-11/h3-4,8,10-11H,5-7H2,1-2H3,(H,16,17). The zero-order chi connectivity index (χ0) is 15.6. The first-order valence-corrected chi connectivity index (χ1v) is 9.06. The zero-order valence-corrected chi connectivity index (χ0v) is 13.5. The van der Waals surface area contributed by atoms with Crippen LogP contribution in [0.2, 0.25) is 0 Å². The van der Waals surface area contributed by atoms with Crippen LogP contribution in [0.15, 0.2) is 23.1 Å². The van der Waals surface area contributed by atoms with Crippen LogP contribution >= 0.6 is 10.7 Å². The summed E-state index contributed by atoms with van der Waals surface area (Å²) in [4.78, 5) is 12.3. The topological polar surface area (TPSA) is 72.5 Å². The van der Waals surface area contributed by atoms with E-state index in [9.17, 15) is 13.2 Å². The van der Waals surface area contributed by atoms with E-state index < -0.39 is 9.05 Å². The second-order valence-corrected chi connectivity index (χ2v) is 7.86. The Labute approximate surface area is 129 Å². The van der Waals surface area contributed by atoms with Crippen LogP contribution in [-0.4, -0.2) is 33.1 Å². The van der Waals surface area contributed by atoms with E-state index in [4.69, 9.17) is 15.4 Å². The molecule has 1 heterocycles. The van der Waals surface area contributed by atoms with Crippen molar-refractivity contribution in [2.75, 3.05) is 6.61 Å². The average molecular weight is 332 g/mol. The van der Waals surface area contributed by atoms with E-state index >= 15 is 0 Å². The van der Waals surface area contributed by atoms with Crippen LogP contribution in [0.3, 0.4) is 0 Å². The van der Waals surface area contributed by atoms with E-state index in [0.717, 1.165) is 12.8 Å². The highest BCUT2D eigenvalue weighted by Gasteiger charge is 2.23. The molecular weight excluding hydrogens is 314 g/mol.